The number of carbonyl (C=O) groups is 1. The van der Waals surface area contributed by atoms with Crippen LogP contribution in [-0.2, 0) is 6.54 Å². The molecule has 1 aromatic carbocycles. The first-order valence-corrected chi connectivity index (χ1v) is 7.91. The highest BCUT2D eigenvalue weighted by Gasteiger charge is 2.20. The average molecular weight is 404 g/mol. The van der Waals surface area contributed by atoms with Crippen molar-refractivity contribution in [2.45, 2.75) is 13.1 Å². The van der Waals surface area contributed by atoms with Crippen LogP contribution in [0, 0.1) is 5.82 Å². The van der Waals surface area contributed by atoms with E-state index >= 15 is 0 Å². The molecule has 2 aromatic heterocycles. The van der Waals surface area contributed by atoms with Crippen LogP contribution in [0.25, 0.3) is 0 Å². The van der Waals surface area contributed by atoms with Gasteiger partial charge in [0.25, 0.3) is 5.91 Å². The van der Waals surface area contributed by atoms with Crippen molar-refractivity contribution in [3.05, 3.63) is 63.8 Å². The summed E-state index contributed by atoms with van der Waals surface area (Å²) < 4.78 is 41.0. The standard InChI is InChI=1S/C15H10Cl2F3N5O/c16-9-2-1-3-11(18)8(9)6-24-7-10(17)13(23-24)22-14(26)12-4-5-21-25(12)15(19)20/h1-5,7,15H,6H2,(H,22,23,26). The van der Waals surface area contributed by atoms with Crippen LogP contribution < -0.4 is 5.32 Å². The van der Waals surface area contributed by atoms with E-state index in [2.05, 4.69) is 15.5 Å². The Bertz CT molecular complexity index is 936. The van der Waals surface area contributed by atoms with Gasteiger partial charge >= 0.3 is 6.55 Å². The molecule has 0 aliphatic carbocycles. The first-order valence-electron chi connectivity index (χ1n) is 7.15. The lowest BCUT2D eigenvalue weighted by Gasteiger charge is -2.07. The number of alkyl halides is 2. The molecule has 0 saturated carbocycles. The maximum atomic E-state index is 13.9. The molecule has 0 spiro atoms. The number of nitrogens with zero attached hydrogens (tertiary/aromatic N) is 4. The van der Waals surface area contributed by atoms with E-state index < -0.39 is 18.3 Å². The van der Waals surface area contributed by atoms with Crippen molar-refractivity contribution in [3.8, 4) is 0 Å². The highest BCUT2D eigenvalue weighted by molar-refractivity contribution is 6.33. The fourth-order valence-corrected chi connectivity index (χ4v) is 2.65. The molecule has 6 nitrogen and oxygen atoms in total. The summed E-state index contributed by atoms with van der Waals surface area (Å²) in [6.07, 6.45) is 2.42. The van der Waals surface area contributed by atoms with Crippen LogP contribution in [0.2, 0.25) is 10.0 Å². The van der Waals surface area contributed by atoms with Crippen LogP contribution in [0.5, 0.6) is 0 Å². The molecule has 1 amide bonds. The van der Waals surface area contributed by atoms with Gasteiger partial charge in [0, 0.05) is 23.0 Å². The quantitative estimate of drug-likeness (QED) is 0.693. The normalized spacial score (nSPS) is 11.2. The predicted molar refractivity (Wildman–Crippen MR) is 89.2 cm³/mol. The highest BCUT2D eigenvalue weighted by Crippen LogP contribution is 2.24. The maximum Gasteiger partial charge on any atom is 0.333 e. The number of aromatic nitrogens is 4. The molecule has 0 unspecified atom stereocenters. The molecule has 3 aromatic rings. The molecule has 0 bridgehead atoms. The lowest BCUT2D eigenvalue weighted by Crippen LogP contribution is -2.19. The van der Waals surface area contributed by atoms with Gasteiger partial charge < -0.3 is 5.32 Å². The van der Waals surface area contributed by atoms with Crippen molar-refractivity contribution < 1.29 is 18.0 Å². The zero-order valence-electron chi connectivity index (χ0n) is 12.8. The molecule has 26 heavy (non-hydrogen) atoms. The van der Waals surface area contributed by atoms with Gasteiger partial charge in [0.05, 0.1) is 6.54 Å². The third-order valence-corrected chi connectivity index (χ3v) is 4.05. The number of anilines is 1. The summed E-state index contributed by atoms with van der Waals surface area (Å²) in [5.41, 5.74) is -0.162. The predicted octanol–water partition coefficient (Wildman–Crippen LogP) is 4.22. The van der Waals surface area contributed by atoms with E-state index in [1.165, 1.54) is 29.1 Å². The van der Waals surface area contributed by atoms with E-state index in [0.29, 0.717) is 0 Å². The van der Waals surface area contributed by atoms with E-state index in [9.17, 15) is 18.0 Å². The Balaban J connectivity index is 1.80. The number of carbonyl (C=O) groups excluding carboxylic acids is 1. The Morgan fingerprint density at radius 1 is 1.23 bits per heavy atom. The number of nitrogens with one attached hydrogen (secondary N) is 1. The van der Waals surface area contributed by atoms with Crippen LogP contribution in [0.1, 0.15) is 22.6 Å². The largest absolute Gasteiger partial charge is 0.333 e. The number of amides is 1. The summed E-state index contributed by atoms with van der Waals surface area (Å²) >= 11 is 12.0. The van der Waals surface area contributed by atoms with Gasteiger partial charge in [0.2, 0.25) is 0 Å². The Kier molecular flexibility index (Phi) is 5.19. The van der Waals surface area contributed by atoms with E-state index in [0.717, 1.165) is 12.3 Å². The molecule has 1 N–H and O–H groups in total. The molecule has 11 heteroatoms. The van der Waals surface area contributed by atoms with Crippen LogP contribution in [-0.4, -0.2) is 25.5 Å². The molecule has 0 aliphatic heterocycles. The van der Waals surface area contributed by atoms with Crippen molar-refractivity contribution in [2.24, 2.45) is 0 Å². The molecular weight excluding hydrogens is 394 g/mol. The van der Waals surface area contributed by atoms with E-state index in [1.54, 1.807) is 0 Å². The SMILES string of the molecule is O=C(Nc1nn(Cc2c(F)cccc2Cl)cc1Cl)c1ccnn1C(F)F. The molecule has 0 aliphatic rings. The van der Waals surface area contributed by atoms with Crippen molar-refractivity contribution in [2.75, 3.05) is 5.32 Å². The lowest BCUT2D eigenvalue weighted by molar-refractivity contribution is 0.0520. The second-order valence-corrected chi connectivity index (χ2v) is 5.93. The van der Waals surface area contributed by atoms with Gasteiger partial charge in [0.15, 0.2) is 5.82 Å². The number of rotatable bonds is 5. The first-order chi connectivity index (χ1) is 12.4. The third-order valence-electron chi connectivity index (χ3n) is 3.42. The molecular formula is C15H10Cl2F3N5O. The number of hydrogen-bond donors (Lipinski definition) is 1. The van der Waals surface area contributed by atoms with E-state index in [1.807, 2.05) is 0 Å². The second kappa shape index (κ2) is 7.38. The maximum absolute atomic E-state index is 13.9. The monoisotopic (exact) mass is 403 g/mol. The molecule has 0 atom stereocenters. The fraction of sp³-hybridized carbons (Fsp3) is 0.133. The number of halogens is 5. The Hall–Kier alpha value is -2.52. The van der Waals surface area contributed by atoms with Crippen molar-refractivity contribution in [1.29, 1.82) is 0 Å². The van der Waals surface area contributed by atoms with E-state index in [4.69, 9.17) is 23.2 Å². The third kappa shape index (κ3) is 3.68. The van der Waals surface area contributed by atoms with Gasteiger partial charge in [-0.1, -0.05) is 29.3 Å². The zero-order valence-corrected chi connectivity index (χ0v) is 14.3. The van der Waals surface area contributed by atoms with Crippen molar-refractivity contribution in [1.82, 2.24) is 19.6 Å². The Labute approximate surface area is 155 Å². The summed E-state index contributed by atoms with van der Waals surface area (Å²) in [7, 11) is 0. The van der Waals surface area contributed by atoms with Crippen LogP contribution in [0.15, 0.2) is 36.7 Å². The lowest BCUT2D eigenvalue weighted by atomic mass is 10.2. The van der Waals surface area contributed by atoms with Gasteiger partial charge in [-0.3, -0.25) is 9.48 Å². The average Bonchev–Trinajstić information content (AvgIpc) is 3.18. The molecule has 3 rings (SSSR count). The summed E-state index contributed by atoms with van der Waals surface area (Å²) in [5.74, 6) is -1.44. The molecule has 2 heterocycles. The van der Waals surface area contributed by atoms with Gasteiger partial charge in [-0.2, -0.15) is 23.7 Å². The Morgan fingerprint density at radius 3 is 2.69 bits per heavy atom. The second-order valence-electron chi connectivity index (χ2n) is 5.12. The minimum Gasteiger partial charge on any atom is -0.302 e. The first kappa shape index (κ1) is 18.3. The summed E-state index contributed by atoms with van der Waals surface area (Å²) in [6.45, 7) is -3.00. The Morgan fingerprint density at radius 2 is 2.00 bits per heavy atom. The van der Waals surface area contributed by atoms with Gasteiger partial charge in [0.1, 0.15) is 16.5 Å². The van der Waals surface area contributed by atoms with Gasteiger partial charge in [-0.15, -0.1) is 0 Å². The minimum atomic E-state index is -2.97. The smallest absolute Gasteiger partial charge is 0.302 e. The molecule has 136 valence electrons. The fourth-order valence-electron chi connectivity index (χ4n) is 2.23. The van der Waals surface area contributed by atoms with Crippen molar-refractivity contribution >= 4 is 34.9 Å². The summed E-state index contributed by atoms with van der Waals surface area (Å²) in [6, 6.07) is 5.38. The molecule has 0 fully saturated rings. The number of hydrogen-bond acceptors (Lipinski definition) is 3. The molecule has 0 radical (unpaired) electrons. The summed E-state index contributed by atoms with van der Waals surface area (Å²) in [5, 5.41) is 9.97. The number of benzene rings is 1. The van der Waals surface area contributed by atoms with E-state index in [-0.39, 0.29) is 38.3 Å². The zero-order chi connectivity index (χ0) is 18.8. The van der Waals surface area contributed by atoms with Crippen molar-refractivity contribution in [3.63, 3.8) is 0 Å². The highest BCUT2D eigenvalue weighted by atomic mass is 35.5. The van der Waals surface area contributed by atoms with Gasteiger partial charge in [-0.25, -0.2) is 4.39 Å². The topological polar surface area (TPSA) is 64.7 Å². The summed E-state index contributed by atoms with van der Waals surface area (Å²) in [4.78, 5) is 12.1. The van der Waals surface area contributed by atoms with Crippen LogP contribution in [0.3, 0.4) is 0 Å². The van der Waals surface area contributed by atoms with Crippen LogP contribution in [0.4, 0.5) is 19.0 Å². The minimum absolute atomic E-state index is 0.0317. The molecule has 0 saturated heterocycles. The van der Waals surface area contributed by atoms with Crippen LogP contribution >= 0.6 is 23.2 Å². The van der Waals surface area contributed by atoms with Gasteiger partial charge in [-0.05, 0) is 18.2 Å².